The number of nitrogens with one attached hydrogen (secondary N) is 1. The average Bonchev–Trinajstić information content (AvgIpc) is 3.15. The second-order valence-electron chi connectivity index (χ2n) is 6.10. The molecule has 7 nitrogen and oxygen atoms in total. The molecule has 0 unspecified atom stereocenters. The lowest BCUT2D eigenvalue weighted by molar-refractivity contribution is -0.116. The molecule has 2 heterocycles. The normalized spacial score (nSPS) is 10.9. The molecule has 0 saturated heterocycles. The summed E-state index contributed by atoms with van der Waals surface area (Å²) in [5, 5.41) is 7.12. The molecule has 0 aliphatic rings. The van der Waals surface area contributed by atoms with Crippen LogP contribution in [-0.2, 0) is 11.3 Å². The Kier molecular flexibility index (Phi) is 5.03. The zero-order valence-electron chi connectivity index (χ0n) is 14.6. The highest BCUT2D eigenvalue weighted by Crippen LogP contribution is 2.24. The molecule has 2 aromatic heterocycles. The van der Waals surface area contributed by atoms with Crippen LogP contribution in [0.5, 0.6) is 0 Å². The summed E-state index contributed by atoms with van der Waals surface area (Å²) in [6.45, 7) is 0.192. The molecule has 8 heteroatoms. The predicted molar refractivity (Wildman–Crippen MR) is 109 cm³/mol. The van der Waals surface area contributed by atoms with Gasteiger partial charge in [-0.25, -0.2) is 4.98 Å². The number of rotatable bonds is 5. The minimum Gasteiger partial charge on any atom is -0.335 e. The number of hydrogen-bond donors (Lipinski definition) is 1. The van der Waals surface area contributed by atoms with Crippen molar-refractivity contribution in [2.75, 3.05) is 5.32 Å². The van der Waals surface area contributed by atoms with Crippen LogP contribution in [0.15, 0.2) is 74.7 Å². The van der Waals surface area contributed by atoms with E-state index in [-0.39, 0.29) is 30.1 Å². The fraction of sp³-hybridized carbons (Fsp3) is 0.100. The van der Waals surface area contributed by atoms with Gasteiger partial charge in [0.15, 0.2) is 0 Å². The maximum absolute atomic E-state index is 12.9. The van der Waals surface area contributed by atoms with Gasteiger partial charge in [-0.2, -0.15) is 0 Å². The molecule has 4 aromatic rings. The number of carbonyl (C=O) groups is 1. The first-order chi connectivity index (χ1) is 13.6. The zero-order valence-corrected chi connectivity index (χ0v) is 16.2. The molecule has 0 spiro atoms. The summed E-state index contributed by atoms with van der Waals surface area (Å²) in [5.41, 5.74) is 1.78. The summed E-state index contributed by atoms with van der Waals surface area (Å²) in [6.07, 6.45) is 1.50. The topological polar surface area (TPSA) is 90.0 Å². The number of carbonyl (C=O) groups excluding carboxylic acids is 1. The van der Waals surface area contributed by atoms with Gasteiger partial charge in [-0.1, -0.05) is 47.6 Å². The van der Waals surface area contributed by atoms with Crippen molar-refractivity contribution in [3.05, 3.63) is 75.8 Å². The summed E-state index contributed by atoms with van der Waals surface area (Å²) >= 11 is 3.39. The van der Waals surface area contributed by atoms with Crippen LogP contribution in [-0.4, -0.2) is 20.6 Å². The molecule has 140 valence electrons. The van der Waals surface area contributed by atoms with Gasteiger partial charge in [0, 0.05) is 23.0 Å². The van der Waals surface area contributed by atoms with Gasteiger partial charge in [0.1, 0.15) is 17.4 Å². The monoisotopic (exact) mass is 438 g/mol. The van der Waals surface area contributed by atoms with Crippen LogP contribution in [0.4, 0.5) is 5.69 Å². The molecular formula is C20H15BrN4O3. The third-order valence-electron chi connectivity index (χ3n) is 4.24. The quantitative estimate of drug-likeness (QED) is 0.511. The lowest BCUT2D eigenvalue weighted by Crippen LogP contribution is -2.23. The highest BCUT2D eigenvalue weighted by Gasteiger charge is 2.17. The van der Waals surface area contributed by atoms with Crippen molar-refractivity contribution in [2.45, 2.75) is 13.0 Å². The molecule has 1 amide bonds. The first kappa shape index (κ1) is 18.1. The van der Waals surface area contributed by atoms with Crippen molar-refractivity contribution in [1.29, 1.82) is 0 Å². The van der Waals surface area contributed by atoms with E-state index in [2.05, 4.69) is 31.4 Å². The number of nitrogens with zero attached hydrogens (tertiary/aromatic N) is 3. The molecule has 0 atom stereocenters. The lowest BCUT2D eigenvalue weighted by atomic mass is 10.1. The van der Waals surface area contributed by atoms with Crippen molar-refractivity contribution in [1.82, 2.24) is 14.7 Å². The number of halogens is 1. The van der Waals surface area contributed by atoms with E-state index in [0.29, 0.717) is 16.8 Å². The van der Waals surface area contributed by atoms with Crippen LogP contribution in [0.1, 0.15) is 6.42 Å². The molecule has 0 radical (unpaired) electrons. The molecule has 28 heavy (non-hydrogen) atoms. The number of amides is 1. The van der Waals surface area contributed by atoms with E-state index in [1.807, 2.05) is 48.5 Å². The molecule has 0 bridgehead atoms. The number of anilines is 1. The van der Waals surface area contributed by atoms with Gasteiger partial charge in [0.25, 0.3) is 11.3 Å². The first-order valence-electron chi connectivity index (χ1n) is 8.58. The van der Waals surface area contributed by atoms with Gasteiger partial charge in [0.05, 0.1) is 5.69 Å². The van der Waals surface area contributed by atoms with Crippen LogP contribution < -0.4 is 10.9 Å². The van der Waals surface area contributed by atoms with E-state index in [4.69, 9.17) is 4.52 Å². The minimum absolute atomic E-state index is 0.125. The largest absolute Gasteiger partial charge is 0.335 e. The molecule has 0 aliphatic carbocycles. The SMILES string of the molecule is O=C(CCn1cnc2onc(-c3ccccc3)c2c1=O)Nc1ccccc1Br. The van der Waals surface area contributed by atoms with Crippen LogP contribution >= 0.6 is 15.9 Å². The zero-order chi connectivity index (χ0) is 19.5. The Hall–Kier alpha value is -3.26. The van der Waals surface area contributed by atoms with E-state index in [1.54, 1.807) is 6.07 Å². The standard InChI is InChI=1S/C20H15BrN4O3/c21-14-8-4-5-9-15(14)23-16(26)10-11-25-12-22-19-17(20(25)27)18(24-28-19)13-6-2-1-3-7-13/h1-9,12H,10-11H2,(H,23,26). The van der Waals surface area contributed by atoms with Crippen LogP contribution in [0, 0.1) is 0 Å². The van der Waals surface area contributed by atoms with E-state index < -0.39 is 0 Å². The Bertz CT molecular complexity index is 1200. The van der Waals surface area contributed by atoms with Gasteiger partial charge >= 0.3 is 0 Å². The van der Waals surface area contributed by atoms with Gasteiger partial charge < -0.3 is 9.84 Å². The number of aryl methyl sites for hydroxylation is 1. The first-order valence-corrected chi connectivity index (χ1v) is 9.37. The maximum Gasteiger partial charge on any atom is 0.266 e. The Morgan fingerprint density at radius 2 is 1.86 bits per heavy atom. The molecule has 0 saturated carbocycles. The predicted octanol–water partition coefficient (Wildman–Crippen LogP) is 3.84. The summed E-state index contributed by atoms with van der Waals surface area (Å²) in [6, 6.07) is 16.6. The van der Waals surface area contributed by atoms with Crippen LogP contribution in [0.3, 0.4) is 0 Å². The third-order valence-corrected chi connectivity index (χ3v) is 4.93. The Labute approximate surface area is 168 Å². The van der Waals surface area contributed by atoms with E-state index in [1.165, 1.54) is 10.9 Å². The van der Waals surface area contributed by atoms with Gasteiger partial charge in [0.2, 0.25) is 5.91 Å². The molecule has 2 aromatic carbocycles. The number of benzene rings is 2. The van der Waals surface area contributed by atoms with Gasteiger partial charge in [-0.15, -0.1) is 0 Å². The smallest absolute Gasteiger partial charge is 0.266 e. The Morgan fingerprint density at radius 1 is 1.11 bits per heavy atom. The van der Waals surface area contributed by atoms with Crippen molar-refractivity contribution in [3.63, 3.8) is 0 Å². The Balaban J connectivity index is 1.56. The molecule has 0 aliphatic heterocycles. The van der Waals surface area contributed by atoms with Gasteiger partial charge in [-0.3, -0.25) is 14.2 Å². The fourth-order valence-electron chi connectivity index (χ4n) is 2.83. The van der Waals surface area contributed by atoms with Crippen molar-refractivity contribution < 1.29 is 9.32 Å². The van der Waals surface area contributed by atoms with Crippen molar-refractivity contribution >= 4 is 38.6 Å². The summed E-state index contributed by atoms with van der Waals surface area (Å²) in [7, 11) is 0. The van der Waals surface area contributed by atoms with E-state index in [0.717, 1.165) is 10.0 Å². The summed E-state index contributed by atoms with van der Waals surface area (Å²) in [5.74, 6) is -0.201. The molecule has 4 rings (SSSR count). The van der Waals surface area contributed by atoms with Crippen LogP contribution in [0.25, 0.3) is 22.4 Å². The highest BCUT2D eigenvalue weighted by atomic mass is 79.9. The number of fused-ring (bicyclic) bond motifs is 1. The second kappa shape index (κ2) is 7.77. The fourth-order valence-corrected chi connectivity index (χ4v) is 3.21. The minimum atomic E-state index is -0.293. The molecule has 0 fully saturated rings. The number of hydrogen-bond acceptors (Lipinski definition) is 5. The number of aromatic nitrogens is 3. The second-order valence-corrected chi connectivity index (χ2v) is 6.95. The third kappa shape index (κ3) is 3.59. The molecular weight excluding hydrogens is 424 g/mol. The summed E-state index contributed by atoms with van der Waals surface area (Å²) < 4.78 is 7.38. The van der Waals surface area contributed by atoms with E-state index >= 15 is 0 Å². The Morgan fingerprint density at radius 3 is 2.64 bits per heavy atom. The maximum atomic E-state index is 12.9. The lowest BCUT2D eigenvalue weighted by Gasteiger charge is -2.08. The summed E-state index contributed by atoms with van der Waals surface area (Å²) in [4.78, 5) is 29.3. The van der Waals surface area contributed by atoms with E-state index in [9.17, 15) is 9.59 Å². The molecule has 1 N–H and O–H groups in total. The van der Waals surface area contributed by atoms with Gasteiger partial charge in [-0.05, 0) is 28.1 Å². The highest BCUT2D eigenvalue weighted by molar-refractivity contribution is 9.10. The van der Waals surface area contributed by atoms with Crippen molar-refractivity contribution in [2.24, 2.45) is 0 Å². The van der Waals surface area contributed by atoms with Crippen LogP contribution in [0.2, 0.25) is 0 Å². The van der Waals surface area contributed by atoms with Crippen molar-refractivity contribution in [3.8, 4) is 11.3 Å². The number of para-hydroxylation sites is 1. The average molecular weight is 439 g/mol.